The van der Waals surface area contributed by atoms with E-state index < -0.39 is 0 Å². The number of halogens is 1. The molecular formula is C19H20ClN5. The van der Waals surface area contributed by atoms with Gasteiger partial charge in [-0.05, 0) is 42.2 Å². The molecule has 0 bridgehead atoms. The Morgan fingerprint density at radius 3 is 2.60 bits per heavy atom. The molecule has 0 spiro atoms. The fraction of sp³-hybridized carbons (Fsp3) is 0.211. The number of nitrogens with zero attached hydrogens (tertiary/aromatic N) is 3. The first-order valence-electron chi connectivity index (χ1n) is 8.12. The molecule has 0 unspecified atom stereocenters. The topological polar surface area (TPSA) is 62.7 Å². The second-order valence-electron chi connectivity index (χ2n) is 6.12. The van der Waals surface area contributed by atoms with Crippen LogP contribution in [0.15, 0.2) is 48.7 Å². The molecule has 2 aromatic carbocycles. The Balaban J connectivity index is 1.86. The first kappa shape index (κ1) is 17.2. The summed E-state index contributed by atoms with van der Waals surface area (Å²) in [5.41, 5.74) is 4.27. The van der Waals surface area contributed by atoms with E-state index in [1.807, 2.05) is 24.3 Å². The van der Waals surface area contributed by atoms with E-state index in [1.165, 1.54) is 5.56 Å². The van der Waals surface area contributed by atoms with Gasteiger partial charge in [-0.25, -0.2) is 0 Å². The first-order valence-corrected chi connectivity index (χ1v) is 8.49. The molecular weight excluding hydrogens is 334 g/mol. The Kier molecular flexibility index (Phi) is 5.14. The summed E-state index contributed by atoms with van der Waals surface area (Å²) in [6.07, 6.45) is 1.61. The van der Waals surface area contributed by atoms with Crippen LogP contribution in [0.4, 0.5) is 23.1 Å². The quantitative estimate of drug-likeness (QED) is 0.639. The Morgan fingerprint density at radius 1 is 1.04 bits per heavy atom. The van der Waals surface area contributed by atoms with Crippen LogP contribution in [0, 0.1) is 6.92 Å². The average Bonchev–Trinajstić information content (AvgIpc) is 2.57. The van der Waals surface area contributed by atoms with Crippen LogP contribution >= 0.6 is 11.6 Å². The third-order valence-electron chi connectivity index (χ3n) is 3.82. The van der Waals surface area contributed by atoms with Crippen LogP contribution in [0.5, 0.6) is 0 Å². The Labute approximate surface area is 152 Å². The van der Waals surface area contributed by atoms with Crippen LogP contribution in [0.1, 0.15) is 30.9 Å². The van der Waals surface area contributed by atoms with Crippen molar-refractivity contribution >= 4 is 34.7 Å². The predicted octanol–water partition coefficient (Wildman–Crippen LogP) is 5.44. The Hall–Kier alpha value is -2.66. The molecule has 0 aliphatic carbocycles. The van der Waals surface area contributed by atoms with Crippen molar-refractivity contribution in [3.8, 4) is 0 Å². The maximum atomic E-state index is 6.01. The zero-order valence-electron chi connectivity index (χ0n) is 14.4. The summed E-state index contributed by atoms with van der Waals surface area (Å²) in [7, 11) is 0. The smallest absolute Gasteiger partial charge is 0.249 e. The molecule has 6 heteroatoms. The minimum atomic E-state index is 0.404. The lowest BCUT2D eigenvalue weighted by atomic mass is 9.98. The highest BCUT2D eigenvalue weighted by molar-refractivity contribution is 6.30. The standard InChI is InChI=1S/C19H20ClN5/c1-12(2)16-9-4-6-13(3)18(16)23-17-11-21-25-19(24-17)22-15-8-5-7-14(20)10-15/h4-12H,1-3H3,(H2,22,23,24,25). The minimum absolute atomic E-state index is 0.404. The lowest BCUT2D eigenvalue weighted by Gasteiger charge is -2.16. The van der Waals surface area contributed by atoms with E-state index in [0.717, 1.165) is 16.9 Å². The molecule has 0 fully saturated rings. The van der Waals surface area contributed by atoms with Crippen LogP contribution < -0.4 is 10.6 Å². The van der Waals surface area contributed by atoms with Crippen molar-refractivity contribution in [1.29, 1.82) is 0 Å². The molecule has 0 saturated carbocycles. The molecule has 0 atom stereocenters. The molecule has 1 aromatic heterocycles. The normalized spacial score (nSPS) is 10.8. The Bertz CT molecular complexity index is 879. The fourth-order valence-corrected chi connectivity index (χ4v) is 2.77. The second kappa shape index (κ2) is 7.49. The molecule has 5 nitrogen and oxygen atoms in total. The van der Waals surface area contributed by atoms with Gasteiger partial charge in [-0.2, -0.15) is 10.1 Å². The lowest BCUT2D eigenvalue weighted by Crippen LogP contribution is -2.05. The van der Waals surface area contributed by atoms with Crippen LogP contribution in [0.25, 0.3) is 0 Å². The SMILES string of the molecule is Cc1cccc(C(C)C)c1Nc1cnnc(Nc2cccc(Cl)c2)n1. The molecule has 0 saturated heterocycles. The van der Waals surface area contributed by atoms with Crippen molar-refractivity contribution in [1.82, 2.24) is 15.2 Å². The largest absolute Gasteiger partial charge is 0.338 e. The molecule has 3 aromatic rings. The van der Waals surface area contributed by atoms with Crippen molar-refractivity contribution in [2.24, 2.45) is 0 Å². The molecule has 0 radical (unpaired) electrons. The number of aromatic nitrogens is 3. The number of anilines is 4. The third-order valence-corrected chi connectivity index (χ3v) is 4.05. The van der Waals surface area contributed by atoms with Gasteiger partial charge in [0.15, 0.2) is 5.82 Å². The highest BCUT2D eigenvalue weighted by Gasteiger charge is 2.10. The van der Waals surface area contributed by atoms with Crippen molar-refractivity contribution in [3.05, 3.63) is 64.8 Å². The zero-order chi connectivity index (χ0) is 17.8. The van der Waals surface area contributed by atoms with Gasteiger partial charge >= 0.3 is 0 Å². The molecule has 0 amide bonds. The highest BCUT2D eigenvalue weighted by atomic mass is 35.5. The monoisotopic (exact) mass is 353 g/mol. The van der Waals surface area contributed by atoms with Gasteiger partial charge in [0, 0.05) is 16.4 Å². The van der Waals surface area contributed by atoms with Crippen molar-refractivity contribution in [2.75, 3.05) is 10.6 Å². The van der Waals surface area contributed by atoms with Crippen LogP contribution in [0.2, 0.25) is 5.02 Å². The average molecular weight is 354 g/mol. The van der Waals surface area contributed by atoms with Gasteiger partial charge in [-0.15, -0.1) is 5.10 Å². The maximum absolute atomic E-state index is 6.01. The van der Waals surface area contributed by atoms with Gasteiger partial charge < -0.3 is 10.6 Å². The number of nitrogens with one attached hydrogen (secondary N) is 2. The third kappa shape index (κ3) is 4.25. The number of hydrogen-bond donors (Lipinski definition) is 2. The Morgan fingerprint density at radius 2 is 1.84 bits per heavy atom. The summed E-state index contributed by atoms with van der Waals surface area (Å²) in [4.78, 5) is 4.50. The number of benzene rings is 2. The van der Waals surface area contributed by atoms with E-state index >= 15 is 0 Å². The number of aryl methyl sites for hydroxylation is 1. The van der Waals surface area contributed by atoms with Crippen molar-refractivity contribution in [2.45, 2.75) is 26.7 Å². The van der Waals surface area contributed by atoms with E-state index in [-0.39, 0.29) is 0 Å². The van der Waals surface area contributed by atoms with E-state index in [4.69, 9.17) is 11.6 Å². The van der Waals surface area contributed by atoms with Gasteiger partial charge in [0.2, 0.25) is 5.95 Å². The van der Waals surface area contributed by atoms with Gasteiger partial charge in [0.1, 0.15) is 0 Å². The summed E-state index contributed by atoms with van der Waals surface area (Å²) in [5, 5.41) is 15.2. The number of para-hydroxylation sites is 1. The summed E-state index contributed by atoms with van der Waals surface area (Å²) in [6, 6.07) is 13.7. The van der Waals surface area contributed by atoms with Crippen molar-refractivity contribution < 1.29 is 0 Å². The molecule has 128 valence electrons. The van der Waals surface area contributed by atoms with Crippen LogP contribution in [-0.4, -0.2) is 15.2 Å². The van der Waals surface area contributed by atoms with E-state index in [0.29, 0.717) is 22.7 Å². The number of rotatable bonds is 5. The molecule has 25 heavy (non-hydrogen) atoms. The molecule has 0 aliphatic rings. The predicted molar refractivity (Wildman–Crippen MR) is 103 cm³/mol. The van der Waals surface area contributed by atoms with Crippen molar-refractivity contribution in [3.63, 3.8) is 0 Å². The molecule has 3 rings (SSSR count). The van der Waals surface area contributed by atoms with Gasteiger partial charge in [-0.3, -0.25) is 0 Å². The zero-order valence-corrected chi connectivity index (χ0v) is 15.2. The summed E-state index contributed by atoms with van der Waals surface area (Å²) in [6.45, 7) is 6.42. The summed E-state index contributed by atoms with van der Waals surface area (Å²) >= 11 is 6.01. The van der Waals surface area contributed by atoms with Gasteiger partial charge in [0.05, 0.1) is 6.20 Å². The van der Waals surface area contributed by atoms with E-state index in [2.05, 4.69) is 64.8 Å². The van der Waals surface area contributed by atoms with Gasteiger partial charge in [-0.1, -0.05) is 49.7 Å². The van der Waals surface area contributed by atoms with Crippen LogP contribution in [-0.2, 0) is 0 Å². The fourth-order valence-electron chi connectivity index (χ4n) is 2.58. The molecule has 0 aliphatic heterocycles. The molecule has 2 N–H and O–H groups in total. The van der Waals surface area contributed by atoms with E-state index in [9.17, 15) is 0 Å². The highest BCUT2D eigenvalue weighted by Crippen LogP contribution is 2.29. The van der Waals surface area contributed by atoms with E-state index in [1.54, 1.807) is 6.20 Å². The number of hydrogen-bond acceptors (Lipinski definition) is 5. The molecule has 1 heterocycles. The second-order valence-corrected chi connectivity index (χ2v) is 6.56. The lowest BCUT2D eigenvalue weighted by molar-refractivity contribution is 0.866. The summed E-state index contributed by atoms with van der Waals surface area (Å²) < 4.78 is 0. The minimum Gasteiger partial charge on any atom is -0.338 e. The van der Waals surface area contributed by atoms with Crippen LogP contribution in [0.3, 0.4) is 0 Å². The van der Waals surface area contributed by atoms with Gasteiger partial charge in [0.25, 0.3) is 0 Å². The summed E-state index contributed by atoms with van der Waals surface area (Å²) in [5.74, 6) is 1.45. The maximum Gasteiger partial charge on any atom is 0.249 e. The first-order chi connectivity index (χ1) is 12.0.